The van der Waals surface area contributed by atoms with E-state index in [9.17, 15) is 9.90 Å². The third-order valence-electron chi connectivity index (χ3n) is 2.12. The molecule has 84 valence electrons. The van der Waals surface area contributed by atoms with Gasteiger partial charge in [-0.25, -0.2) is 0 Å². The van der Waals surface area contributed by atoms with Crippen LogP contribution in [0.5, 0.6) is 11.5 Å². The molecule has 0 bridgehead atoms. The highest BCUT2D eigenvalue weighted by Gasteiger charge is 2.18. The minimum atomic E-state index is -0.337. The van der Waals surface area contributed by atoms with Gasteiger partial charge in [-0.2, -0.15) is 0 Å². The molecule has 0 spiro atoms. The van der Waals surface area contributed by atoms with Crippen molar-refractivity contribution in [2.45, 2.75) is 40.0 Å². The summed E-state index contributed by atoms with van der Waals surface area (Å²) in [6.07, 6.45) is 2.08. The van der Waals surface area contributed by atoms with E-state index in [0.29, 0.717) is 17.9 Å². The summed E-state index contributed by atoms with van der Waals surface area (Å²) in [6, 6.07) is 0. The zero-order valence-corrected chi connectivity index (χ0v) is 9.29. The van der Waals surface area contributed by atoms with Crippen LogP contribution in [0.4, 0.5) is 0 Å². The summed E-state index contributed by atoms with van der Waals surface area (Å²) in [5.74, 6) is 0.516. The van der Waals surface area contributed by atoms with E-state index in [1.54, 1.807) is 13.8 Å². The number of aryl methyl sites for hydroxylation is 2. The van der Waals surface area contributed by atoms with Gasteiger partial charge in [0.1, 0.15) is 11.5 Å². The van der Waals surface area contributed by atoms with Crippen LogP contribution in [0.3, 0.4) is 0 Å². The third kappa shape index (κ3) is 2.75. The van der Waals surface area contributed by atoms with E-state index >= 15 is 0 Å². The predicted molar refractivity (Wildman–Crippen MR) is 55.0 cm³/mol. The van der Waals surface area contributed by atoms with Crippen molar-refractivity contribution in [2.75, 3.05) is 0 Å². The molecular weight excluding hydrogens is 196 g/mol. The fourth-order valence-electron chi connectivity index (χ4n) is 1.26. The summed E-state index contributed by atoms with van der Waals surface area (Å²) in [4.78, 5) is 11.3. The van der Waals surface area contributed by atoms with Crippen molar-refractivity contribution in [1.82, 2.24) is 0 Å². The monoisotopic (exact) mass is 212 g/mol. The minimum Gasteiger partial charge on any atom is -0.502 e. The Morgan fingerprint density at radius 2 is 2.07 bits per heavy atom. The zero-order chi connectivity index (χ0) is 11.4. The summed E-state index contributed by atoms with van der Waals surface area (Å²) >= 11 is 0. The van der Waals surface area contributed by atoms with Crippen LogP contribution >= 0.6 is 0 Å². The average molecular weight is 212 g/mol. The molecule has 0 aliphatic rings. The van der Waals surface area contributed by atoms with Gasteiger partial charge in [0, 0.05) is 6.42 Å². The fraction of sp³-hybridized carbons (Fsp3) is 0.545. The molecule has 0 saturated heterocycles. The molecule has 0 aliphatic carbocycles. The van der Waals surface area contributed by atoms with E-state index in [-0.39, 0.29) is 17.5 Å². The van der Waals surface area contributed by atoms with Crippen molar-refractivity contribution in [1.29, 1.82) is 0 Å². The second-order valence-corrected chi connectivity index (χ2v) is 3.47. The molecule has 1 heterocycles. The van der Waals surface area contributed by atoms with E-state index in [1.165, 1.54) is 0 Å². The number of carbonyl (C=O) groups is 1. The lowest BCUT2D eigenvalue weighted by Gasteiger charge is -2.02. The van der Waals surface area contributed by atoms with Crippen molar-refractivity contribution in [3.8, 4) is 11.5 Å². The van der Waals surface area contributed by atoms with Crippen LogP contribution in [-0.4, -0.2) is 11.1 Å². The van der Waals surface area contributed by atoms with E-state index in [4.69, 9.17) is 9.15 Å². The Morgan fingerprint density at radius 1 is 1.40 bits per heavy atom. The van der Waals surface area contributed by atoms with Crippen LogP contribution in [0.15, 0.2) is 4.42 Å². The average Bonchev–Trinajstić information content (AvgIpc) is 2.42. The lowest BCUT2D eigenvalue weighted by Crippen LogP contribution is -2.07. The molecule has 1 aromatic heterocycles. The Bertz CT molecular complexity index is 352. The molecule has 4 nitrogen and oxygen atoms in total. The number of aromatic hydroxyl groups is 1. The molecule has 1 rings (SSSR count). The first-order valence-electron chi connectivity index (χ1n) is 5.05. The molecule has 0 amide bonds. The van der Waals surface area contributed by atoms with Crippen LogP contribution in [0.2, 0.25) is 0 Å². The van der Waals surface area contributed by atoms with Crippen molar-refractivity contribution in [3.63, 3.8) is 0 Å². The molecule has 15 heavy (non-hydrogen) atoms. The Labute approximate surface area is 88.8 Å². The van der Waals surface area contributed by atoms with E-state index in [1.807, 2.05) is 6.92 Å². The van der Waals surface area contributed by atoms with E-state index in [0.717, 1.165) is 12.8 Å². The van der Waals surface area contributed by atoms with Gasteiger partial charge in [-0.15, -0.1) is 0 Å². The van der Waals surface area contributed by atoms with Crippen molar-refractivity contribution in [2.24, 2.45) is 0 Å². The number of hydrogen-bond acceptors (Lipinski definition) is 4. The normalized spacial score (nSPS) is 10.3. The minimum absolute atomic E-state index is 0.0858. The largest absolute Gasteiger partial charge is 0.502 e. The zero-order valence-electron chi connectivity index (χ0n) is 9.29. The van der Waals surface area contributed by atoms with Gasteiger partial charge in [-0.1, -0.05) is 13.3 Å². The summed E-state index contributed by atoms with van der Waals surface area (Å²) in [5, 5.41) is 9.52. The highest BCUT2D eigenvalue weighted by Crippen LogP contribution is 2.36. The Hall–Kier alpha value is -1.45. The highest BCUT2D eigenvalue weighted by molar-refractivity contribution is 5.73. The SMILES string of the molecule is CCCCC(=O)Oc1c(C)oc(C)c1O. The first-order chi connectivity index (χ1) is 7.06. The molecule has 0 atom stereocenters. The lowest BCUT2D eigenvalue weighted by molar-refractivity contribution is -0.134. The number of hydrogen-bond donors (Lipinski definition) is 1. The standard InChI is InChI=1S/C11H16O4/c1-4-5-6-9(12)15-11-8(3)14-7(2)10(11)13/h13H,4-6H2,1-3H3. The van der Waals surface area contributed by atoms with Crippen molar-refractivity contribution in [3.05, 3.63) is 11.5 Å². The lowest BCUT2D eigenvalue weighted by atomic mass is 10.2. The van der Waals surface area contributed by atoms with Gasteiger partial charge in [0.2, 0.25) is 11.5 Å². The predicted octanol–water partition coefficient (Wildman–Crippen LogP) is 2.70. The number of carbonyl (C=O) groups excluding carboxylic acids is 1. The molecule has 0 aliphatic heterocycles. The molecule has 4 heteroatoms. The first kappa shape index (κ1) is 11.6. The van der Waals surface area contributed by atoms with E-state index < -0.39 is 0 Å². The van der Waals surface area contributed by atoms with Gasteiger partial charge in [0.15, 0.2) is 0 Å². The first-order valence-corrected chi connectivity index (χ1v) is 5.05. The Morgan fingerprint density at radius 3 is 2.53 bits per heavy atom. The number of rotatable bonds is 4. The van der Waals surface area contributed by atoms with Crippen molar-refractivity contribution >= 4 is 5.97 Å². The van der Waals surface area contributed by atoms with Gasteiger partial charge in [-0.3, -0.25) is 4.79 Å². The van der Waals surface area contributed by atoms with Crippen LogP contribution < -0.4 is 4.74 Å². The van der Waals surface area contributed by atoms with Crippen LogP contribution in [0.25, 0.3) is 0 Å². The molecule has 0 radical (unpaired) electrons. The van der Waals surface area contributed by atoms with Crippen LogP contribution in [0.1, 0.15) is 37.7 Å². The quantitative estimate of drug-likeness (QED) is 0.779. The van der Waals surface area contributed by atoms with Crippen molar-refractivity contribution < 1.29 is 19.1 Å². The maximum atomic E-state index is 11.3. The Kier molecular flexibility index (Phi) is 3.77. The van der Waals surface area contributed by atoms with Gasteiger partial charge < -0.3 is 14.3 Å². The summed E-state index contributed by atoms with van der Waals surface area (Å²) in [6.45, 7) is 5.26. The van der Waals surface area contributed by atoms with Gasteiger partial charge >= 0.3 is 5.97 Å². The molecule has 1 aromatic rings. The van der Waals surface area contributed by atoms with Gasteiger partial charge in [-0.05, 0) is 20.3 Å². The fourth-order valence-corrected chi connectivity index (χ4v) is 1.26. The Balaban J connectivity index is 2.68. The van der Waals surface area contributed by atoms with E-state index in [2.05, 4.69) is 0 Å². The van der Waals surface area contributed by atoms with Gasteiger partial charge in [0.05, 0.1) is 0 Å². The smallest absolute Gasteiger partial charge is 0.311 e. The van der Waals surface area contributed by atoms with Gasteiger partial charge in [0.25, 0.3) is 0 Å². The van der Waals surface area contributed by atoms with Crippen LogP contribution in [0, 0.1) is 13.8 Å². The molecule has 0 aromatic carbocycles. The highest BCUT2D eigenvalue weighted by atomic mass is 16.6. The summed E-state index contributed by atoms with van der Waals surface area (Å²) in [7, 11) is 0. The third-order valence-corrected chi connectivity index (χ3v) is 2.12. The summed E-state index contributed by atoms with van der Waals surface area (Å²) in [5.41, 5.74) is 0. The molecular formula is C11H16O4. The molecule has 1 N–H and O–H groups in total. The second-order valence-electron chi connectivity index (χ2n) is 3.47. The number of esters is 1. The maximum absolute atomic E-state index is 11.3. The molecule has 0 saturated carbocycles. The topological polar surface area (TPSA) is 59.7 Å². The molecule has 0 fully saturated rings. The number of unbranched alkanes of at least 4 members (excludes halogenated alkanes) is 1. The molecule has 0 unspecified atom stereocenters. The second kappa shape index (κ2) is 4.87. The number of ether oxygens (including phenoxy) is 1. The maximum Gasteiger partial charge on any atom is 0.311 e. The number of furan rings is 1. The summed E-state index contributed by atoms with van der Waals surface area (Å²) < 4.78 is 10.1. The van der Waals surface area contributed by atoms with Crippen LogP contribution in [-0.2, 0) is 4.79 Å².